The third-order valence-corrected chi connectivity index (χ3v) is 2.61. The van der Waals surface area contributed by atoms with Crippen molar-refractivity contribution in [3.63, 3.8) is 0 Å². The van der Waals surface area contributed by atoms with Crippen LogP contribution in [0.15, 0.2) is 0 Å². The molecular formula is C11H24N2O2. The number of carbonyl (C=O) groups is 1. The fraction of sp³-hybridized carbons (Fsp3) is 0.909. The lowest BCUT2D eigenvalue weighted by Gasteiger charge is -2.38. The van der Waals surface area contributed by atoms with Gasteiger partial charge in [0.25, 0.3) is 0 Å². The van der Waals surface area contributed by atoms with Gasteiger partial charge in [-0.3, -0.25) is 4.79 Å². The maximum absolute atomic E-state index is 11.5. The number of hydrogen-bond donors (Lipinski definition) is 1. The average molecular weight is 216 g/mol. The largest absolute Gasteiger partial charge is 0.396 e. The first kappa shape index (κ1) is 14.4. The van der Waals surface area contributed by atoms with Crippen molar-refractivity contribution in [1.82, 2.24) is 9.80 Å². The van der Waals surface area contributed by atoms with Crippen LogP contribution in [0.1, 0.15) is 27.2 Å². The normalized spacial score (nSPS) is 11.9. The zero-order chi connectivity index (χ0) is 12.1. The molecule has 15 heavy (non-hydrogen) atoms. The molecule has 0 aromatic heterocycles. The van der Waals surface area contributed by atoms with Crippen molar-refractivity contribution in [2.75, 3.05) is 33.8 Å². The van der Waals surface area contributed by atoms with Crippen LogP contribution >= 0.6 is 0 Å². The summed E-state index contributed by atoms with van der Waals surface area (Å²) in [6.07, 6.45) is 0.611. The Morgan fingerprint density at radius 2 is 1.80 bits per heavy atom. The Kier molecular flexibility index (Phi) is 5.83. The van der Waals surface area contributed by atoms with Crippen molar-refractivity contribution in [2.24, 2.45) is 0 Å². The highest BCUT2D eigenvalue weighted by Gasteiger charge is 2.27. The summed E-state index contributed by atoms with van der Waals surface area (Å²) >= 11 is 0. The van der Waals surface area contributed by atoms with Crippen LogP contribution in [0.3, 0.4) is 0 Å². The van der Waals surface area contributed by atoms with Gasteiger partial charge in [0.05, 0.1) is 0 Å². The van der Waals surface area contributed by atoms with Gasteiger partial charge in [-0.15, -0.1) is 0 Å². The van der Waals surface area contributed by atoms with E-state index in [4.69, 9.17) is 5.11 Å². The summed E-state index contributed by atoms with van der Waals surface area (Å²) in [5.41, 5.74) is -0.267. The quantitative estimate of drug-likeness (QED) is 0.705. The van der Waals surface area contributed by atoms with E-state index in [-0.39, 0.29) is 18.1 Å². The van der Waals surface area contributed by atoms with Crippen molar-refractivity contribution in [3.8, 4) is 0 Å². The van der Waals surface area contributed by atoms with Crippen molar-refractivity contribution in [3.05, 3.63) is 0 Å². The molecular weight excluding hydrogens is 192 g/mol. The molecule has 1 amide bonds. The van der Waals surface area contributed by atoms with E-state index in [0.717, 1.165) is 6.54 Å². The lowest BCUT2D eigenvalue weighted by atomic mass is 9.98. The predicted octanol–water partition coefficient (Wildman–Crippen LogP) is 0.557. The van der Waals surface area contributed by atoms with E-state index in [1.54, 1.807) is 6.92 Å². The molecule has 0 saturated heterocycles. The maximum Gasteiger partial charge on any atom is 0.219 e. The Labute approximate surface area is 92.9 Å². The number of rotatable bonds is 6. The molecule has 0 heterocycles. The molecule has 0 aromatic rings. The molecule has 0 unspecified atom stereocenters. The van der Waals surface area contributed by atoms with Crippen LogP contribution in [0, 0.1) is 0 Å². The fourth-order valence-corrected chi connectivity index (χ4v) is 1.59. The van der Waals surface area contributed by atoms with Gasteiger partial charge in [0, 0.05) is 32.2 Å². The SMILES string of the molecule is CC(=O)N(CCN(C)C)C(C)(C)CCO. The molecule has 0 spiro atoms. The number of amides is 1. The number of aliphatic hydroxyl groups excluding tert-OH is 1. The summed E-state index contributed by atoms with van der Waals surface area (Å²) in [6, 6.07) is 0. The monoisotopic (exact) mass is 216 g/mol. The van der Waals surface area contributed by atoms with E-state index in [1.807, 2.05) is 37.7 Å². The Hall–Kier alpha value is -0.610. The molecule has 0 rings (SSSR count). The van der Waals surface area contributed by atoms with Crippen molar-refractivity contribution in [2.45, 2.75) is 32.7 Å². The standard InChI is InChI=1S/C11H24N2O2/c1-10(15)13(8-7-12(4)5)11(2,3)6-9-14/h14H,6-9H2,1-5H3. The Morgan fingerprint density at radius 3 is 2.13 bits per heavy atom. The highest BCUT2D eigenvalue weighted by atomic mass is 16.3. The van der Waals surface area contributed by atoms with Gasteiger partial charge in [-0.2, -0.15) is 0 Å². The summed E-state index contributed by atoms with van der Waals surface area (Å²) in [7, 11) is 3.97. The summed E-state index contributed by atoms with van der Waals surface area (Å²) in [5, 5.41) is 8.96. The minimum absolute atomic E-state index is 0.0651. The van der Waals surface area contributed by atoms with Gasteiger partial charge in [-0.05, 0) is 34.4 Å². The molecule has 1 N–H and O–H groups in total. The molecule has 0 aliphatic rings. The summed E-state index contributed by atoms with van der Waals surface area (Å²) in [6.45, 7) is 7.21. The lowest BCUT2D eigenvalue weighted by molar-refractivity contribution is -0.134. The van der Waals surface area contributed by atoms with Crippen LogP contribution in [-0.2, 0) is 4.79 Å². The van der Waals surface area contributed by atoms with Gasteiger partial charge in [-0.25, -0.2) is 0 Å². The number of nitrogens with zero attached hydrogens (tertiary/aromatic N) is 2. The van der Waals surface area contributed by atoms with Crippen LogP contribution in [0.25, 0.3) is 0 Å². The maximum atomic E-state index is 11.5. The van der Waals surface area contributed by atoms with Crippen molar-refractivity contribution < 1.29 is 9.90 Å². The number of hydrogen-bond acceptors (Lipinski definition) is 3. The van der Waals surface area contributed by atoms with Gasteiger partial charge in [0.15, 0.2) is 0 Å². The molecule has 90 valence electrons. The molecule has 0 radical (unpaired) electrons. The second-order valence-corrected chi connectivity index (χ2v) is 4.76. The molecule has 4 heteroatoms. The third kappa shape index (κ3) is 5.14. The Balaban J connectivity index is 4.44. The number of aliphatic hydroxyl groups is 1. The smallest absolute Gasteiger partial charge is 0.219 e. The first-order valence-corrected chi connectivity index (χ1v) is 5.35. The molecule has 0 atom stereocenters. The zero-order valence-corrected chi connectivity index (χ0v) is 10.6. The topological polar surface area (TPSA) is 43.8 Å². The highest BCUT2D eigenvalue weighted by Crippen LogP contribution is 2.18. The minimum Gasteiger partial charge on any atom is -0.396 e. The van der Waals surface area contributed by atoms with Gasteiger partial charge in [0.2, 0.25) is 5.91 Å². The molecule has 0 aromatic carbocycles. The summed E-state index contributed by atoms with van der Waals surface area (Å²) in [5.74, 6) is 0.0651. The predicted molar refractivity (Wildman–Crippen MR) is 61.7 cm³/mol. The van der Waals surface area contributed by atoms with Gasteiger partial charge < -0.3 is 14.9 Å². The molecule has 0 fully saturated rings. The number of carbonyl (C=O) groups excluding carboxylic acids is 1. The van der Waals surface area contributed by atoms with Crippen LogP contribution in [0.4, 0.5) is 0 Å². The van der Waals surface area contributed by atoms with Crippen LogP contribution < -0.4 is 0 Å². The summed E-state index contributed by atoms with van der Waals surface area (Å²) < 4.78 is 0. The number of likely N-dealkylation sites (N-methyl/N-ethyl adjacent to an activating group) is 1. The third-order valence-electron chi connectivity index (χ3n) is 2.61. The second kappa shape index (κ2) is 6.08. The van der Waals surface area contributed by atoms with E-state index < -0.39 is 0 Å². The van der Waals surface area contributed by atoms with E-state index in [1.165, 1.54) is 0 Å². The van der Waals surface area contributed by atoms with Gasteiger partial charge >= 0.3 is 0 Å². The first-order valence-electron chi connectivity index (χ1n) is 5.35. The fourth-order valence-electron chi connectivity index (χ4n) is 1.59. The molecule has 0 saturated carbocycles. The van der Waals surface area contributed by atoms with Crippen LogP contribution in [0.2, 0.25) is 0 Å². The van der Waals surface area contributed by atoms with Gasteiger partial charge in [0.1, 0.15) is 0 Å². The van der Waals surface area contributed by atoms with Crippen LogP contribution in [0.5, 0.6) is 0 Å². The lowest BCUT2D eigenvalue weighted by Crippen LogP contribution is -2.49. The van der Waals surface area contributed by atoms with Crippen LogP contribution in [-0.4, -0.2) is 60.1 Å². The molecule has 0 aliphatic carbocycles. The van der Waals surface area contributed by atoms with Crippen molar-refractivity contribution in [1.29, 1.82) is 0 Å². The first-order chi connectivity index (χ1) is 6.81. The zero-order valence-electron chi connectivity index (χ0n) is 10.6. The molecule has 4 nitrogen and oxygen atoms in total. The van der Waals surface area contributed by atoms with E-state index in [2.05, 4.69) is 0 Å². The second-order valence-electron chi connectivity index (χ2n) is 4.76. The molecule has 0 aliphatic heterocycles. The van der Waals surface area contributed by atoms with E-state index in [9.17, 15) is 4.79 Å². The van der Waals surface area contributed by atoms with Crippen molar-refractivity contribution >= 4 is 5.91 Å². The van der Waals surface area contributed by atoms with E-state index >= 15 is 0 Å². The van der Waals surface area contributed by atoms with E-state index in [0.29, 0.717) is 13.0 Å². The Bertz CT molecular complexity index is 203. The Morgan fingerprint density at radius 1 is 1.27 bits per heavy atom. The van der Waals surface area contributed by atoms with Gasteiger partial charge in [-0.1, -0.05) is 0 Å². The minimum atomic E-state index is -0.267. The molecule has 0 bridgehead atoms. The summed E-state index contributed by atoms with van der Waals surface area (Å²) in [4.78, 5) is 15.4. The highest BCUT2D eigenvalue weighted by molar-refractivity contribution is 5.74. The average Bonchev–Trinajstić information content (AvgIpc) is 2.01.